The fourth-order valence-corrected chi connectivity index (χ4v) is 3.17. The molecule has 0 fully saturated rings. The van der Waals surface area contributed by atoms with Crippen molar-refractivity contribution in [3.05, 3.63) is 65.0 Å². The van der Waals surface area contributed by atoms with Crippen molar-refractivity contribution in [3.63, 3.8) is 0 Å². The molecule has 0 saturated carbocycles. The molecule has 1 nitrogen and oxygen atoms in total. The number of halogens is 1. The summed E-state index contributed by atoms with van der Waals surface area (Å²) in [4.78, 5) is 1.15. The van der Waals surface area contributed by atoms with Gasteiger partial charge in [0.2, 0.25) is 0 Å². The molecule has 0 amide bonds. The molecule has 0 aliphatic rings. The third kappa shape index (κ3) is 5.18. The quantitative estimate of drug-likeness (QED) is 0.575. The van der Waals surface area contributed by atoms with Gasteiger partial charge in [-0.2, -0.15) is 0 Å². The Kier molecular flexibility index (Phi) is 6.27. The predicted molar refractivity (Wildman–Crippen MR) is 89.1 cm³/mol. The molecule has 0 spiro atoms. The van der Waals surface area contributed by atoms with Crippen molar-refractivity contribution in [3.8, 4) is 0 Å². The van der Waals surface area contributed by atoms with E-state index in [0.29, 0.717) is 0 Å². The summed E-state index contributed by atoms with van der Waals surface area (Å²) < 4.78 is 13.4. The lowest BCUT2D eigenvalue weighted by Crippen LogP contribution is -2.14. The topological polar surface area (TPSA) is 12.0 Å². The zero-order valence-corrected chi connectivity index (χ0v) is 13.5. The van der Waals surface area contributed by atoms with Gasteiger partial charge in [0.05, 0.1) is 0 Å². The van der Waals surface area contributed by atoms with Gasteiger partial charge in [-0.15, -0.1) is 11.8 Å². The number of thioether (sulfide) groups is 1. The van der Waals surface area contributed by atoms with Crippen molar-refractivity contribution in [1.82, 2.24) is 5.32 Å². The van der Waals surface area contributed by atoms with Crippen LogP contribution >= 0.6 is 11.8 Å². The van der Waals surface area contributed by atoms with Crippen molar-refractivity contribution < 1.29 is 4.39 Å². The third-order valence-electron chi connectivity index (χ3n) is 3.24. The molecule has 112 valence electrons. The smallest absolute Gasteiger partial charge is 0.123 e. The second-order valence-corrected chi connectivity index (χ2v) is 6.22. The Balaban J connectivity index is 2.04. The van der Waals surface area contributed by atoms with Gasteiger partial charge in [-0.3, -0.25) is 0 Å². The van der Waals surface area contributed by atoms with Crippen LogP contribution < -0.4 is 5.32 Å². The Morgan fingerprint density at radius 1 is 1.14 bits per heavy atom. The van der Waals surface area contributed by atoms with Crippen molar-refractivity contribution in [2.24, 2.45) is 0 Å². The molecule has 2 rings (SSSR count). The zero-order valence-electron chi connectivity index (χ0n) is 12.7. The first-order valence-corrected chi connectivity index (χ1v) is 8.35. The molecule has 0 radical (unpaired) electrons. The van der Waals surface area contributed by atoms with Crippen LogP contribution in [-0.4, -0.2) is 6.54 Å². The molecule has 0 aromatic heterocycles. The molecule has 1 N–H and O–H groups in total. The fraction of sp³-hybridized carbons (Fsp3) is 0.333. The monoisotopic (exact) mass is 303 g/mol. The number of aryl methyl sites for hydroxylation is 1. The summed E-state index contributed by atoms with van der Waals surface area (Å²) in [5, 5.41) is 3.35. The van der Waals surface area contributed by atoms with Crippen molar-refractivity contribution >= 4 is 11.8 Å². The van der Waals surface area contributed by atoms with E-state index in [2.05, 4.69) is 43.4 Å². The largest absolute Gasteiger partial charge is 0.313 e. The summed E-state index contributed by atoms with van der Waals surface area (Å²) in [6, 6.07) is 13.6. The number of nitrogens with one attached hydrogen (secondary N) is 1. The SMILES string of the molecule is CCCNCc1cc(F)ccc1SCc1cccc(C)c1. The average molecular weight is 303 g/mol. The third-order valence-corrected chi connectivity index (χ3v) is 4.43. The van der Waals surface area contributed by atoms with E-state index >= 15 is 0 Å². The van der Waals surface area contributed by atoms with E-state index in [1.54, 1.807) is 23.9 Å². The lowest BCUT2D eigenvalue weighted by Gasteiger charge is -2.11. The molecule has 0 unspecified atom stereocenters. The molecule has 0 aliphatic heterocycles. The van der Waals surface area contributed by atoms with Crippen molar-refractivity contribution in [2.45, 2.75) is 37.5 Å². The van der Waals surface area contributed by atoms with Gasteiger partial charge in [0.25, 0.3) is 0 Å². The van der Waals surface area contributed by atoms with Crippen LogP contribution in [0.2, 0.25) is 0 Å². The molecule has 2 aromatic rings. The lowest BCUT2D eigenvalue weighted by molar-refractivity contribution is 0.615. The fourth-order valence-electron chi connectivity index (χ4n) is 2.19. The summed E-state index contributed by atoms with van der Waals surface area (Å²) in [5.41, 5.74) is 3.62. The molecule has 0 heterocycles. The predicted octanol–water partition coefficient (Wildman–Crippen LogP) is 4.93. The lowest BCUT2D eigenvalue weighted by atomic mass is 10.2. The van der Waals surface area contributed by atoms with Crippen LogP contribution in [0, 0.1) is 12.7 Å². The second kappa shape index (κ2) is 8.20. The minimum absolute atomic E-state index is 0.164. The van der Waals surface area contributed by atoms with E-state index < -0.39 is 0 Å². The Bertz CT molecular complexity index is 583. The van der Waals surface area contributed by atoms with E-state index in [1.807, 2.05) is 6.07 Å². The molecule has 0 bridgehead atoms. The van der Waals surface area contributed by atoms with Crippen LogP contribution in [0.4, 0.5) is 4.39 Å². The van der Waals surface area contributed by atoms with Gasteiger partial charge in [0.15, 0.2) is 0 Å². The van der Waals surface area contributed by atoms with Crippen molar-refractivity contribution in [2.75, 3.05) is 6.54 Å². The first-order chi connectivity index (χ1) is 10.2. The second-order valence-electron chi connectivity index (χ2n) is 5.21. The average Bonchev–Trinajstić information content (AvgIpc) is 2.47. The zero-order chi connectivity index (χ0) is 15.1. The number of hydrogen-bond acceptors (Lipinski definition) is 2. The maximum Gasteiger partial charge on any atom is 0.123 e. The van der Waals surface area contributed by atoms with Gasteiger partial charge in [0.1, 0.15) is 5.82 Å². The first-order valence-electron chi connectivity index (χ1n) is 7.36. The molecule has 3 heteroatoms. The van der Waals surface area contributed by atoms with Crippen LogP contribution in [-0.2, 0) is 12.3 Å². The van der Waals surface area contributed by atoms with E-state index in [-0.39, 0.29) is 5.82 Å². The maximum atomic E-state index is 13.4. The summed E-state index contributed by atoms with van der Waals surface area (Å²) in [7, 11) is 0. The highest BCUT2D eigenvalue weighted by molar-refractivity contribution is 7.98. The standard InChI is InChI=1S/C18H22FNS/c1-3-9-20-12-16-11-17(19)7-8-18(16)21-13-15-6-4-5-14(2)10-15/h4-8,10-11,20H,3,9,12-13H2,1-2H3. The maximum absolute atomic E-state index is 13.4. The van der Waals surface area contributed by atoms with E-state index in [9.17, 15) is 4.39 Å². The Morgan fingerprint density at radius 3 is 2.76 bits per heavy atom. The Morgan fingerprint density at radius 2 is 2.00 bits per heavy atom. The summed E-state index contributed by atoms with van der Waals surface area (Å²) in [6.07, 6.45) is 1.08. The van der Waals surface area contributed by atoms with Crippen LogP contribution in [0.1, 0.15) is 30.0 Å². The summed E-state index contributed by atoms with van der Waals surface area (Å²) in [6.45, 7) is 5.92. The van der Waals surface area contributed by atoms with Gasteiger partial charge in [0, 0.05) is 17.2 Å². The summed E-state index contributed by atoms with van der Waals surface area (Å²) >= 11 is 1.77. The van der Waals surface area contributed by atoms with Crippen LogP contribution in [0.15, 0.2) is 47.4 Å². The number of rotatable bonds is 7. The molecular weight excluding hydrogens is 281 g/mol. The number of benzene rings is 2. The molecule has 21 heavy (non-hydrogen) atoms. The van der Waals surface area contributed by atoms with Gasteiger partial charge in [-0.05, 0) is 49.2 Å². The van der Waals surface area contributed by atoms with Crippen molar-refractivity contribution in [1.29, 1.82) is 0 Å². The highest BCUT2D eigenvalue weighted by atomic mass is 32.2. The highest BCUT2D eigenvalue weighted by Gasteiger charge is 2.05. The Labute approximate surface area is 131 Å². The van der Waals surface area contributed by atoms with Gasteiger partial charge < -0.3 is 5.32 Å². The minimum Gasteiger partial charge on any atom is -0.313 e. The minimum atomic E-state index is -0.164. The summed E-state index contributed by atoms with van der Waals surface area (Å²) in [5.74, 6) is 0.747. The molecule has 0 atom stereocenters. The normalized spacial score (nSPS) is 10.8. The number of hydrogen-bond donors (Lipinski definition) is 1. The van der Waals surface area contributed by atoms with Gasteiger partial charge in [-0.25, -0.2) is 4.39 Å². The van der Waals surface area contributed by atoms with E-state index in [4.69, 9.17) is 0 Å². The van der Waals surface area contributed by atoms with E-state index in [1.165, 1.54) is 11.1 Å². The first kappa shape index (κ1) is 16.1. The molecule has 0 saturated heterocycles. The van der Waals surface area contributed by atoms with Gasteiger partial charge >= 0.3 is 0 Å². The van der Waals surface area contributed by atoms with Crippen LogP contribution in [0.25, 0.3) is 0 Å². The molecular formula is C18H22FNS. The highest BCUT2D eigenvalue weighted by Crippen LogP contribution is 2.27. The van der Waals surface area contributed by atoms with Gasteiger partial charge in [-0.1, -0.05) is 36.8 Å². The molecule has 2 aromatic carbocycles. The van der Waals surface area contributed by atoms with E-state index in [0.717, 1.165) is 35.7 Å². The van der Waals surface area contributed by atoms with Crippen LogP contribution in [0.3, 0.4) is 0 Å². The Hall–Kier alpha value is -1.32. The van der Waals surface area contributed by atoms with Crippen LogP contribution in [0.5, 0.6) is 0 Å². The molecule has 0 aliphatic carbocycles.